The highest BCUT2D eigenvalue weighted by Crippen LogP contribution is 2.35. The first kappa shape index (κ1) is 19.3. The summed E-state index contributed by atoms with van der Waals surface area (Å²) >= 11 is 7.50. The van der Waals surface area contributed by atoms with Gasteiger partial charge >= 0.3 is 0 Å². The fraction of sp³-hybridized carbons (Fsp3) is 0.158. The minimum atomic E-state index is -0.176. The van der Waals surface area contributed by atoms with Crippen LogP contribution in [0.4, 0.5) is 5.69 Å². The van der Waals surface area contributed by atoms with Crippen LogP contribution >= 0.6 is 23.4 Å². The molecule has 148 valence electrons. The Morgan fingerprint density at radius 2 is 1.93 bits per heavy atom. The molecule has 0 aliphatic rings. The number of nitrogens with one attached hydrogen (secondary N) is 2. The van der Waals surface area contributed by atoms with Crippen LogP contribution in [0.5, 0.6) is 11.5 Å². The number of amides is 1. The number of carbonyl (C=O) groups is 1. The van der Waals surface area contributed by atoms with Crippen molar-refractivity contribution in [3.8, 4) is 11.5 Å². The van der Waals surface area contributed by atoms with Crippen LogP contribution < -0.4 is 14.8 Å². The number of fused-ring (bicyclic) bond motifs is 3. The number of hydrogen-bond acceptors (Lipinski definition) is 7. The molecule has 4 aromatic rings. The number of benzene rings is 2. The normalized spacial score (nSPS) is 11.0. The van der Waals surface area contributed by atoms with Gasteiger partial charge in [0, 0.05) is 5.69 Å². The Labute approximate surface area is 175 Å². The molecule has 10 heteroatoms. The summed E-state index contributed by atoms with van der Waals surface area (Å²) in [6, 6.07) is 10.6. The Balaban J connectivity index is 1.50. The molecule has 0 atom stereocenters. The maximum atomic E-state index is 12.2. The van der Waals surface area contributed by atoms with E-state index in [0.29, 0.717) is 43.7 Å². The summed E-state index contributed by atoms with van der Waals surface area (Å²) in [5.41, 5.74) is 2.47. The summed E-state index contributed by atoms with van der Waals surface area (Å²) in [5, 5.41) is 12.8. The quantitative estimate of drug-likeness (QED) is 0.448. The molecule has 0 radical (unpaired) electrons. The van der Waals surface area contributed by atoms with E-state index >= 15 is 0 Å². The molecule has 0 saturated carbocycles. The largest absolute Gasteiger partial charge is 0.497 e. The lowest BCUT2D eigenvalue weighted by Crippen LogP contribution is -2.14. The second-order valence-corrected chi connectivity index (χ2v) is 7.33. The van der Waals surface area contributed by atoms with Crippen LogP contribution in [-0.4, -0.2) is 46.0 Å². The Bertz CT molecular complexity index is 1200. The maximum absolute atomic E-state index is 12.2. The molecule has 4 rings (SSSR count). The molecule has 8 nitrogen and oxygen atoms in total. The SMILES string of the molecule is COc1ccc(NC(=O)CSc2nnc3c(n2)[nH]c2c(OC)ccc(Cl)c23)cc1. The molecule has 0 unspecified atom stereocenters. The lowest BCUT2D eigenvalue weighted by atomic mass is 10.2. The van der Waals surface area contributed by atoms with Crippen molar-refractivity contribution in [2.75, 3.05) is 25.3 Å². The van der Waals surface area contributed by atoms with Gasteiger partial charge in [0.15, 0.2) is 5.65 Å². The van der Waals surface area contributed by atoms with Crippen LogP contribution in [0.25, 0.3) is 22.1 Å². The van der Waals surface area contributed by atoms with E-state index in [0.717, 1.165) is 5.75 Å². The minimum Gasteiger partial charge on any atom is -0.497 e. The molecule has 2 N–H and O–H groups in total. The molecular formula is C19H16ClN5O3S. The van der Waals surface area contributed by atoms with Gasteiger partial charge < -0.3 is 19.8 Å². The Morgan fingerprint density at radius 1 is 1.14 bits per heavy atom. The number of anilines is 1. The molecule has 2 aromatic heterocycles. The average molecular weight is 430 g/mol. The van der Waals surface area contributed by atoms with Crippen molar-refractivity contribution in [2.45, 2.75) is 5.16 Å². The van der Waals surface area contributed by atoms with Crippen molar-refractivity contribution in [1.29, 1.82) is 0 Å². The van der Waals surface area contributed by atoms with Crippen molar-refractivity contribution >= 4 is 57.0 Å². The number of ether oxygens (including phenoxy) is 2. The molecule has 0 aliphatic carbocycles. The highest BCUT2D eigenvalue weighted by Gasteiger charge is 2.16. The van der Waals surface area contributed by atoms with Crippen molar-refractivity contribution < 1.29 is 14.3 Å². The topological polar surface area (TPSA) is 102 Å². The fourth-order valence-electron chi connectivity index (χ4n) is 2.83. The van der Waals surface area contributed by atoms with E-state index < -0.39 is 0 Å². The summed E-state index contributed by atoms with van der Waals surface area (Å²) in [6.45, 7) is 0. The van der Waals surface area contributed by atoms with Gasteiger partial charge in [-0.2, -0.15) is 0 Å². The van der Waals surface area contributed by atoms with Gasteiger partial charge in [-0.1, -0.05) is 23.4 Å². The van der Waals surface area contributed by atoms with E-state index in [1.807, 2.05) is 0 Å². The Kier molecular flexibility index (Phi) is 5.41. The Morgan fingerprint density at radius 3 is 2.66 bits per heavy atom. The van der Waals surface area contributed by atoms with Crippen LogP contribution in [0.1, 0.15) is 0 Å². The predicted octanol–water partition coefficient (Wildman–Crippen LogP) is 3.91. The highest BCUT2D eigenvalue weighted by atomic mass is 35.5. The van der Waals surface area contributed by atoms with E-state index in [9.17, 15) is 4.79 Å². The number of aromatic nitrogens is 4. The number of H-pyrrole nitrogens is 1. The third kappa shape index (κ3) is 3.92. The van der Waals surface area contributed by atoms with E-state index in [-0.39, 0.29) is 11.7 Å². The number of hydrogen-bond donors (Lipinski definition) is 2. The van der Waals surface area contributed by atoms with E-state index in [1.54, 1.807) is 50.6 Å². The highest BCUT2D eigenvalue weighted by molar-refractivity contribution is 7.99. The first-order chi connectivity index (χ1) is 14.1. The molecular weight excluding hydrogens is 414 g/mol. The number of thioether (sulfide) groups is 1. The van der Waals surface area contributed by atoms with Crippen molar-refractivity contribution in [1.82, 2.24) is 20.2 Å². The van der Waals surface area contributed by atoms with E-state index in [4.69, 9.17) is 21.1 Å². The standard InChI is InChI=1S/C19H16ClN5O3S/c1-27-11-5-3-10(4-6-11)21-14(26)9-29-19-23-18-17(24-25-19)15-12(20)7-8-13(28-2)16(15)22-18/h3-8H,9H2,1-2H3,(H,21,26)(H,22,23,25). The Hall–Kier alpha value is -3.04. The van der Waals surface area contributed by atoms with Gasteiger partial charge in [-0.3, -0.25) is 4.79 Å². The summed E-state index contributed by atoms with van der Waals surface area (Å²) < 4.78 is 10.5. The molecule has 0 aliphatic heterocycles. The van der Waals surface area contributed by atoms with Gasteiger partial charge in [-0.05, 0) is 36.4 Å². The van der Waals surface area contributed by atoms with Gasteiger partial charge in [0.05, 0.1) is 35.9 Å². The predicted molar refractivity (Wildman–Crippen MR) is 113 cm³/mol. The van der Waals surface area contributed by atoms with Gasteiger partial charge in [0.1, 0.15) is 17.0 Å². The fourth-order valence-corrected chi connectivity index (χ4v) is 3.67. The molecule has 0 spiro atoms. The molecule has 0 fully saturated rings. The lowest BCUT2D eigenvalue weighted by Gasteiger charge is -2.05. The number of nitrogens with zero attached hydrogens (tertiary/aromatic N) is 3. The zero-order valence-corrected chi connectivity index (χ0v) is 17.1. The molecule has 2 heterocycles. The molecule has 0 bridgehead atoms. The van der Waals surface area contributed by atoms with Gasteiger partial charge in [-0.15, -0.1) is 10.2 Å². The van der Waals surface area contributed by atoms with Crippen molar-refractivity contribution in [3.63, 3.8) is 0 Å². The minimum absolute atomic E-state index is 0.142. The van der Waals surface area contributed by atoms with Gasteiger partial charge in [0.25, 0.3) is 0 Å². The zero-order chi connectivity index (χ0) is 20.4. The van der Waals surface area contributed by atoms with Gasteiger partial charge in [0.2, 0.25) is 11.1 Å². The third-order valence-corrected chi connectivity index (χ3v) is 5.34. The molecule has 1 amide bonds. The summed E-state index contributed by atoms with van der Waals surface area (Å²) in [6.07, 6.45) is 0. The van der Waals surface area contributed by atoms with Crippen LogP contribution in [0.15, 0.2) is 41.6 Å². The summed E-state index contributed by atoms with van der Waals surface area (Å²) in [4.78, 5) is 19.8. The number of rotatable bonds is 6. The van der Waals surface area contributed by atoms with Crippen molar-refractivity contribution in [2.24, 2.45) is 0 Å². The first-order valence-electron chi connectivity index (χ1n) is 8.54. The van der Waals surface area contributed by atoms with Crippen LogP contribution in [0.2, 0.25) is 5.02 Å². The van der Waals surface area contributed by atoms with Crippen LogP contribution in [0, 0.1) is 0 Å². The number of aromatic amines is 1. The molecule has 0 saturated heterocycles. The summed E-state index contributed by atoms with van der Waals surface area (Å²) in [7, 11) is 3.17. The lowest BCUT2D eigenvalue weighted by molar-refractivity contribution is -0.113. The second kappa shape index (κ2) is 8.14. The number of halogens is 1. The van der Waals surface area contributed by atoms with Crippen molar-refractivity contribution in [3.05, 3.63) is 41.4 Å². The maximum Gasteiger partial charge on any atom is 0.234 e. The average Bonchev–Trinajstić information content (AvgIpc) is 3.13. The van der Waals surface area contributed by atoms with Crippen LogP contribution in [-0.2, 0) is 4.79 Å². The van der Waals surface area contributed by atoms with Gasteiger partial charge in [-0.25, -0.2) is 4.98 Å². The smallest absolute Gasteiger partial charge is 0.234 e. The monoisotopic (exact) mass is 429 g/mol. The summed E-state index contributed by atoms with van der Waals surface area (Å²) in [5.74, 6) is 1.33. The second-order valence-electron chi connectivity index (χ2n) is 5.98. The molecule has 2 aromatic carbocycles. The van der Waals surface area contributed by atoms with Crippen LogP contribution in [0.3, 0.4) is 0 Å². The first-order valence-corrected chi connectivity index (χ1v) is 9.90. The zero-order valence-electron chi connectivity index (χ0n) is 15.5. The van der Waals surface area contributed by atoms with E-state index in [1.165, 1.54) is 11.8 Å². The van der Waals surface area contributed by atoms with E-state index in [2.05, 4.69) is 25.5 Å². The molecule has 29 heavy (non-hydrogen) atoms. The third-order valence-electron chi connectivity index (χ3n) is 4.19. The number of methoxy groups -OCH3 is 2. The number of carbonyl (C=O) groups excluding carboxylic acids is 1.